The van der Waals surface area contributed by atoms with E-state index in [2.05, 4.69) is 15.0 Å². The molecule has 32 valence electrons. The molecule has 0 amide bonds. The summed E-state index contributed by atoms with van der Waals surface area (Å²) in [4.78, 5) is 3.72. The van der Waals surface area contributed by atoms with Crippen molar-refractivity contribution in [2.75, 3.05) is 7.11 Å². The van der Waals surface area contributed by atoms with Gasteiger partial charge in [-0.25, -0.2) is 10.1 Å². The third-order valence-electron chi connectivity index (χ3n) is 0.0985. The van der Waals surface area contributed by atoms with Gasteiger partial charge < -0.3 is 0 Å². The average Bonchev–Trinajstić information content (AvgIpc) is 1.41. The third kappa shape index (κ3) is 3.84. The first-order valence-corrected chi connectivity index (χ1v) is 0.924. The second-order valence-electron chi connectivity index (χ2n) is 0.309. The molecule has 4 heteroatoms. The summed E-state index contributed by atoms with van der Waals surface area (Å²) in [5, 5.41) is 13.6. The predicted octanol–water partition coefficient (Wildman–Crippen LogP) is -0.0310. The monoisotopic (exact) mass is 80.0 g/mol. The Kier molecular flexibility index (Phi) is 3.72. The largest absolute Gasteiger partial charge is 0.219 e. The molecule has 0 aliphatic heterocycles. The molecule has 1 N–H and O–H groups in total. The van der Waals surface area contributed by atoms with Crippen LogP contribution in [0.5, 0.6) is 0 Å². The number of hydrogen-bond donors (Lipinski definition) is 1. The van der Waals surface area contributed by atoms with Crippen LogP contribution in [0.25, 0.3) is 0 Å². The van der Waals surface area contributed by atoms with E-state index >= 15 is 0 Å². The van der Waals surface area contributed by atoms with Gasteiger partial charge in [-0.05, 0) is 10.1 Å². The molecule has 0 bridgehead atoms. The maximum absolute atomic E-state index is 7.22. The first kappa shape index (κ1) is 4.84. The Hall–Kier alpha value is -0.160. The first-order chi connectivity index (χ1) is 2.41. The third-order valence-corrected chi connectivity index (χ3v) is 0.0985. The van der Waals surface area contributed by atoms with E-state index in [1.807, 2.05) is 0 Å². The SMILES string of the molecule is COOOO. The van der Waals surface area contributed by atoms with Gasteiger partial charge >= 0.3 is 0 Å². The van der Waals surface area contributed by atoms with Gasteiger partial charge in [-0.3, -0.25) is 0 Å². The minimum absolute atomic E-state index is 1.20. The average molecular weight is 80.0 g/mol. The Morgan fingerprint density at radius 2 is 2.20 bits per heavy atom. The van der Waals surface area contributed by atoms with Crippen LogP contribution in [0.15, 0.2) is 0 Å². The van der Waals surface area contributed by atoms with Crippen LogP contribution in [0.3, 0.4) is 0 Å². The lowest BCUT2D eigenvalue weighted by atomic mass is 11.8. The Labute approximate surface area is 28.7 Å². The van der Waals surface area contributed by atoms with Gasteiger partial charge in [0.2, 0.25) is 0 Å². The molecule has 0 aromatic heterocycles. The van der Waals surface area contributed by atoms with Crippen LogP contribution in [0.2, 0.25) is 0 Å². The van der Waals surface area contributed by atoms with Crippen molar-refractivity contribution >= 4 is 0 Å². The maximum atomic E-state index is 7.22. The van der Waals surface area contributed by atoms with Gasteiger partial charge in [-0.2, -0.15) is 0 Å². The van der Waals surface area contributed by atoms with Gasteiger partial charge in [0.15, 0.2) is 0 Å². The van der Waals surface area contributed by atoms with Crippen LogP contribution < -0.4 is 0 Å². The van der Waals surface area contributed by atoms with E-state index in [4.69, 9.17) is 5.26 Å². The van der Waals surface area contributed by atoms with Crippen molar-refractivity contribution in [1.29, 1.82) is 0 Å². The molecule has 0 saturated heterocycles. The van der Waals surface area contributed by atoms with Crippen molar-refractivity contribution in [3.8, 4) is 0 Å². The van der Waals surface area contributed by atoms with E-state index in [1.165, 1.54) is 7.11 Å². The Morgan fingerprint density at radius 3 is 2.20 bits per heavy atom. The first-order valence-electron chi connectivity index (χ1n) is 0.924. The molecule has 0 saturated carbocycles. The van der Waals surface area contributed by atoms with E-state index in [1.54, 1.807) is 0 Å². The molecule has 5 heavy (non-hydrogen) atoms. The van der Waals surface area contributed by atoms with Crippen molar-refractivity contribution in [2.24, 2.45) is 0 Å². The topological polar surface area (TPSA) is 47.9 Å². The van der Waals surface area contributed by atoms with E-state index < -0.39 is 0 Å². The zero-order valence-electron chi connectivity index (χ0n) is 2.67. The molecule has 0 unspecified atom stereocenters. The Morgan fingerprint density at radius 1 is 1.60 bits per heavy atom. The van der Waals surface area contributed by atoms with Gasteiger partial charge in [-0.1, -0.05) is 0 Å². The fourth-order valence-corrected chi connectivity index (χ4v) is 0.0304. The quantitative estimate of drug-likeness (QED) is 0.373. The molecular weight excluding hydrogens is 76.0 g/mol. The van der Waals surface area contributed by atoms with Crippen LogP contribution in [-0.4, -0.2) is 12.4 Å². The lowest BCUT2D eigenvalue weighted by molar-refractivity contribution is -0.617. The zero-order chi connectivity index (χ0) is 4.12. The van der Waals surface area contributed by atoms with E-state index in [9.17, 15) is 0 Å². The Balaban J connectivity index is 2.19. The summed E-state index contributed by atoms with van der Waals surface area (Å²) in [5.74, 6) is 0. The molecule has 0 rings (SSSR count). The molecule has 0 atom stereocenters. The lowest BCUT2D eigenvalue weighted by Gasteiger charge is -1.82. The smallest absolute Gasteiger partial charge is 0.0745 e. The highest BCUT2D eigenvalue weighted by atomic mass is 17.6. The molecule has 0 heterocycles. The summed E-state index contributed by atoms with van der Waals surface area (Å²) < 4.78 is 0. The van der Waals surface area contributed by atoms with Gasteiger partial charge in [0, 0.05) is 0 Å². The molecule has 0 aromatic carbocycles. The molecule has 0 aromatic rings. The summed E-state index contributed by atoms with van der Waals surface area (Å²) in [6.07, 6.45) is 0. The second kappa shape index (κ2) is 3.84. The van der Waals surface area contributed by atoms with Crippen LogP contribution in [-0.2, 0) is 15.0 Å². The fraction of sp³-hybridized carbons (Fsp3) is 1.00. The summed E-state index contributed by atoms with van der Waals surface area (Å²) in [6, 6.07) is 0. The highest BCUT2D eigenvalue weighted by Gasteiger charge is 1.65. The summed E-state index contributed by atoms with van der Waals surface area (Å²) in [5.41, 5.74) is 0. The normalized spacial score (nSPS) is 8.40. The van der Waals surface area contributed by atoms with Crippen LogP contribution in [0.1, 0.15) is 0 Å². The van der Waals surface area contributed by atoms with Gasteiger partial charge in [0.1, 0.15) is 0 Å². The Bertz CT molecular complexity index is 11.1. The number of rotatable bonds is 2. The van der Waals surface area contributed by atoms with E-state index in [0.717, 1.165) is 0 Å². The molecule has 0 radical (unpaired) electrons. The van der Waals surface area contributed by atoms with Crippen molar-refractivity contribution in [2.45, 2.75) is 0 Å². The fourth-order valence-electron chi connectivity index (χ4n) is 0.0304. The minimum Gasteiger partial charge on any atom is -0.219 e. The van der Waals surface area contributed by atoms with Crippen molar-refractivity contribution in [3.63, 3.8) is 0 Å². The highest BCUT2D eigenvalue weighted by Crippen LogP contribution is 1.64. The maximum Gasteiger partial charge on any atom is 0.0745 e. The van der Waals surface area contributed by atoms with Gasteiger partial charge in [0.25, 0.3) is 0 Å². The standard InChI is InChI=1S/CH4O4/c1-3-5-4-2/h2H,1H3. The van der Waals surface area contributed by atoms with E-state index in [0.29, 0.717) is 0 Å². The summed E-state index contributed by atoms with van der Waals surface area (Å²) in [7, 11) is 1.20. The predicted molar refractivity (Wildman–Crippen MR) is 11.8 cm³/mol. The van der Waals surface area contributed by atoms with Crippen molar-refractivity contribution in [1.82, 2.24) is 0 Å². The second-order valence-corrected chi connectivity index (χ2v) is 0.309. The van der Waals surface area contributed by atoms with Gasteiger partial charge in [0.05, 0.1) is 7.11 Å². The van der Waals surface area contributed by atoms with Crippen LogP contribution >= 0.6 is 0 Å². The van der Waals surface area contributed by atoms with Crippen molar-refractivity contribution < 1.29 is 20.2 Å². The summed E-state index contributed by atoms with van der Waals surface area (Å²) >= 11 is 0. The summed E-state index contributed by atoms with van der Waals surface area (Å²) in [6.45, 7) is 0. The van der Waals surface area contributed by atoms with Crippen LogP contribution in [0, 0.1) is 0 Å². The number of hydrogen-bond acceptors (Lipinski definition) is 4. The molecular formula is CH4O4. The minimum atomic E-state index is 1.20. The molecule has 4 nitrogen and oxygen atoms in total. The lowest BCUT2D eigenvalue weighted by Crippen LogP contribution is -1.83. The zero-order valence-corrected chi connectivity index (χ0v) is 2.67. The highest BCUT2D eigenvalue weighted by molar-refractivity contribution is 3.35. The molecule has 0 aliphatic rings. The molecule has 0 spiro atoms. The van der Waals surface area contributed by atoms with Crippen LogP contribution in [0.4, 0.5) is 0 Å². The molecule has 0 fully saturated rings. The van der Waals surface area contributed by atoms with Crippen molar-refractivity contribution in [3.05, 3.63) is 0 Å². The van der Waals surface area contributed by atoms with Gasteiger partial charge in [-0.15, -0.1) is 0 Å². The molecule has 0 aliphatic carbocycles. The van der Waals surface area contributed by atoms with E-state index in [-0.39, 0.29) is 0 Å².